The Morgan fingerprint density at radius 2 is 1.75 bits per heavy atom. The maximum absolute atomic E-state index is 11.5. The maximum atomic E-state index is 11.5. The third kappa shape index (κ3) is 11.7. The van der Waals surface area contributed by atoms with Gasteiger partial charge in [0.2, 0.25) is 0 Å². The number of unbranched alkanes of at least 4 members (excludes halogenated alkanes) is 4. The van der Waals surface area contributed by atoms with Crippen molar-refractivity contribution in [2.45, 2.75) is 111 Å². The van der Waals surface area contributed by atoms with Gasteiger partial charge in [0, 0.05) is 6.42 Å². The highest BCUT2D eigenvalue weighted by molar-refractivity contribution is 5.69. The van der Waals surface area contributed by atoms with Crippen LogP contribution in [-0.4, -0.2) is 23.3 Å². The number of esters is 1. The first-order valence-electron chi connectivity index (χ1n) is 11.6. The lowest BCUT2D eigenvalue weighted by molar-refractivity contribution is -0.147. The minimum absolute atomic E-state index is 0.0306. The van der Waals surface area contributed by atoms with E-state index in [0.717, 1.165) is 38.0 Å². The second-order valence-corrected chi connectivity index (χ2v) is 9.07. The Hall–Kier alpha value is -1.09. The van der Waals surface area contributed by atoms with Crippen LogP contribution in [-0.2, 0) is 9.53 Å². The summed E-state index contributed by atoms with van der Waals surface area (Å²) in [5.74, 6) is 1.57. The highest BCUT2D eigenvalue weighted by atomic mass is 16.5. The summed E-state index contributed by atoms with van der Waals surface area (Å²) in [6.45, 7) is 8.34. The van der Waals surface area contributed by atoms with E-state index in [0.29, 0.717) is 18.3 Å². The summed E-state index contributed by atoms with van der Waals surface area (Å²) in [5.41, 5.74) is 0. The van der Waals surface area contributed by atoms with Crippen molar-refractivity contribution in [1.29, 1.82) is 0 Å². The normalized spacial score (nSPS) is 22.9. The summed E-state index contributed by atoms with van der Waals surface area (Å²) in [7, 11) is 0. The lowest BCUT2D eigenvalue weighted by atomic mass is 9.90. The van der Waals surface area contributed by atoms with Crippen LogP contribution in [0, 0.1) is 17.8 Å². The topological polar surface area (TPSA) is 46.5 Å². The Morgan fingerprint density at radius 3 is 2.46 bits per heavy atom. The molecule has 0 heterocycles. The predicted molar refractivity (Wildman–Crippen MR) is 118 cm³/mol. The fraction of sp³-hybridized carbons (Fsp3) is 0.800. The second kappa shape index (κ2) is 14.8. The number of aliphatic hydroxyl groups is 1. The van der Waals surface area contributed by atoms with Gasteiger partial charge in [-0.3, -0.25) is 4.79 Å². The molecule has 1 rings (SSSR count). The number of aliphatic hydroxyl groups excluding tert-OH is 1. The van der Waals surface area contributed by atoms with Crippen LogP contribution in [0.3, 0.4) is 0 Å². The number of ether oxygens (including phenoxy) is 1. The first kappa shape index (κ1) is 24.9. The zero-order chi connectivity index (χ0) is 20.8. The average Bonchev–Trinajstić information content (AvgIpc) is 2.96. The quantitative estimate of drug-likeness (QED) is 0.206. The van der Waals surface area contributed by atoms with E-state index < -0.39 is 0 Å². The second-order valence-electron chi connectivity index (χ2n) is 9.07. The fourth-order valence-electron chi connectivity index (χ4n) is 3.97. The standard InChI is InChI=1S/C25H44O3/c1-20(2)14-10-6-5-7-11-15-22-18-19-24(26)23(22)16-12-8-9-13-17-25(27)28-21(3)4/h8,11-12,15,20-24,26H,5-7,9-10,13-14,16-19H2,1-4H3/b12-8-,15-11+/t22?,23-,24+/m1/s1. The van der Waals surface area contributed by atoms with Gasteiger partial charge >= 0.3 is 5.97 Å². The lowest BCUT2D eigenvalue weighted by Crippen LogP contribution is -2.17. The highest BCUT2D eigenvalue weighted by Crippen LogP contribution is 2.36. The Kier molecular flexibility index (Phi) is 13.2. The fourth-order valence-corrected chi connectivity index (χ4v) is 3.97. The van der Waals surface area contributed by atoms with Crippen molar-refractivity contribution in [3.63, 3.8) is 0 Å². The largest absolute Gasteiger partial charge is 0.463 e. The van der Waals surface area contributed by atoms with E-state index in [9.17, 15) is 9.90 Å². The summed E-state index contributed by atoms with van der Waals surface area (Å²) in [6.07, 6.45) is 20.5. The average molecular weight is 393 g/mol. The Labute approximate surface area is 173 Å². The zero-order valence-electron chi connectivity index (χ0n) is 18.7. The van der Waals surface area contributed by atoms with E-state index in [1.807, 2.05) is 13.8 Å². The molecule has 1 aliphatic rings. The van der Waals surface area contributed by atoms with E-state index in [1.54, 1.807) is 0 Å². The molecule has 0 aromatic carbocycles. The zero-order valence-corrected chi connectivity index (χ0v) is 18.7. The van der Waals surface area contributed by atoms with Crippen molar-refractivity contribution in [3.8, 4) is 0 Å². The molecule has 1 saturated carbocycles. The molecule has 1 unspecified atom stereocenters. The van der Waals surface area contributed by atoms with Crippen LogP contribution in [0.1, 0.15) is 98.3 Å². The number of carbonyl (C=O) groups is 1. The number of rotatable bonds is 14. The molecular formula is C25H44O3. The first-order chi connectivity index (χ1) is 13.4. The van der Waals surface area contributed by atoms with Gasteiger partial charge in [-0.2, -0.15) is 0 Å². The van der Waals surface area contributed by atoms with Crippen molar-refractivity contribution in [1.82, 2.24) is 0 Å². The van der Waals surface area contributed by atoms with Crippen LogP contribution in [0.4, 0.5) is 0 Å². The Balaban J connectivity index is 2.21. The van der Waals surface area contributed by atoms with E-state index in [2.05, 4.69) is 38.2 Å². The van der Waals surface area contributed by atoms with Gasteiger partial charge in [0.05, 0.1) is 12.2 Å². The summed E-state index contributed by atoms with van der Waals surface area (Å²) in [5, 5.41) is 10.3. The maximum Gasteiger partial charge on any atom is 0.306 e. The Bertz CT molecular complexity index is 464. The van der Waals surface area contributed by atoms with Gasteiger partial charge in [-0.05, 0) is 76.5 Å². The predicted octanol–water partition coefficient (Wildman–Crippen LogP) is 6.60. The highest BCUT2D eigenvalue weighted by Gasteiger charge is 2.32. The molecule has 3 heteroatoms. The van der Waals surface area contributed by atoms with Crippen LogP contribution >= 0.6 is 0 Å². The van der Waals surface area contributed by atoms with E-state index >= 15 is 0 Å². The molecule has 0 aliphatic heterocycles. The summed E-state index contributed by atoms with van der Waals surface area (Å²) in [4.78, 5) is 11.5. The van der Waals surface area contributed by atoms with Gasteiger partial charge in [0.1, 0.15) is 0 Å². The molecular weight excluding hydrogens is 348 g/mol. The molecule has 0 aromatic rings. The monoisotopic (exact) mass is 392 g/mol. The molecule has 28 heavy (non-hydrogen) atoms. The Morgan fingerprint density at radius 1 is 1.00 bits per heavy atom. The van der Waals surface area contributed by atoms with Crippen LogP contribution < -0.4 is 0 Å². The SMILES string of the molecule is CC(C)CCCCC/C=C/C1CC[C@H](O)[C@@H]1C/C=C\CCCC(=O)OC(C)C. The van der Waals surface area contributed by atoms with E-state index in [1.165, 1.54) is 32.1 Å². The molecule has 0 aromatic heterocycles. The molecule has 0 saturated heterocycles. The van der Waals surface area contributed by atoms with Crippen LogP contribution in [0.15, 0.2) is 24.3 Å². The van der Waals surface area contributed by atoms with Gasteiger partial charge in [0.25, 0.3) is 0 Å². The first-order valence-corrected chi connectivity index (χ1v) is 11.6. The van der Waals surface area contributed by atoms with E-state index in [-0.39, 0.29) is 18.2 Å². The van der Waals surface area contributed by atoms with Crippen LogP contribution in [0.5, 0.6) is 0 Å². The molecule has 1 N–H and O–H groups in total. The van der Waals surface area contributed by atoms with Crippen molar-refractivity contribution < 1.29 is 14.6 Å². The third-order valence-corrected chi connectivity index (χ3v) is 5.57. The van der Waals surface area contributed by atoms with Crippen molar-refractivity contribution in [2.24, 2.45) is 17.8 Å². The molecule has 3 atom stereocenters. The van der Waals surface area contributed by atoms with Gasteiger partial charge in [-0.1, -0.05) is 57.4 Å². The van der Waals surface area contributed by atoms with Crippen LogP contribution in [0.25, 0.3) is 0 Å². The van der Waals surface area contributed by atoms with Gasteiger partial charge in [0.15, 0.2) is 0 Å². The summed E-state index contributed by atoms with van der Waals surface area (Å²) < 4.78 is 5.14. The molecule has 162 valence electrons. The molecule has 0 radical (unpaired) electrons. The molecule has 1 aliphatic carbocycles. The molecule has 3 nitrogen and oxygen atoms in total. The van der Waals surface area contributed by atoms with Gasteiger partial charge < -0.3 is 9.84 Å². The number of hydrogen-bond donors (Lipinski definition) is 1. The molecule has 0 spiro atoms. The van der Waals surface area contributed by atoms with Crippen molar-refractivity contribution in [3.05, 3.63) is 24.3 Å². The minimum Gasteiger partial charge on any atom is -0.463 e. The van der Waals surface area contributed by atoms with Gasteiger partial charge in [-0.15, -0.1) is 0 Å². The minimum atomic E-state index is -0.175. The number of carbonyl (C=O) groups excluding carboxylic acids is 1. The van der Waals surface area contributed by atoms with Crippen LogP contribution in [0.2, 0.25) is 0 Å². The number of hydrogen-bond acceptors (Lipinski definition) is 3. The number of allylic oxidation sites excluding steroid dienone is 4. The molecule has 0 amide bonds. The molecule has 1 fully saturated rings. The van der Waals surface area contributed by atoms with Crippen molar-refractivity contribution in [2.75, 3.05) is 0 Å². The lowest BCUT2D eigenvalue weighted by Gasteiger charge is -2.17. The third-order valence-electron chi connectivity index (χ3n) is 5.57. The van der Waals surface area contributed by atoms with Gasteiger partial charge in [-0.25, -0.2) is 0 Å². The van der Waals surface area contributed by atoms with Crippen molar-refractivity contribution >= 4 is 5.97 Å². The summed E-state index contributed by atoms with van der Waals surface area (Å²) in [6, 6.07) is 0. The molecule has 0 bridgehead atoms. The van der Waals surface area contributed by atoms with E-state index in [4.69, 9.17) is 4.74 Å². The smallest absolute Gasteiger partial charge is 0.306 e. The summed E-state index contributed by atoms with van der Waals surface area (Å²) >= 11 is 0.